The van der Waals surface area contributed by atoms with E-state index in [0.29, 0.717) is 22.8 Å². The molecule has 3 N–H and O–H groups in total. The van der Waals surface area contributed by atoms with Gasteiger partial charge in [0.1, 0.15) is 11.4 Å². The fourth-order valence-corrected chi connectivity index (χ4v) is 2.11. The Morgan fingerprint density at radius 2 is 2.00 bits per heavy atom. The number of phenolic OH excluding ortho intramolecular Hbond substituents is 1. The summed E-state index contributed by atoms with van der Waals surface area (Å²) in [6.07, 6.45) is 1.75. The van der Waals surface area contributed by atoms with Crippen molar-refractivity contribution in [3.63, 3.8) is 0 Å². The third-order valence-corrected chi connectivity index (χ3v) is 3.11. The first-order valence-electron chi connectivity index (χ1n) is 6.41. The van der Waals surface area contributed by atoms with Crippen LogP contribution in [0.1, 0.15) is 11.1 Å². The maximum atomic E-state index is 9.89. The van der Waals surface area contributed by atoms with Crippen LogP contribution < -0.4 is 5.73 Å². The van der Waals surface area contributed by atoms with Crippen molar-refractivity contribution in [3.8, 4) is 28.7 Å². The van der Waals surface area contributed by atoms with Crippen molar-refractivity contribution in [2.24, 2.45) is 0 Å². The summed E-state index contributed by atoms with van der Waals surface area (Å²) in [5.74, 6) is 0.613. The molecule has 3 aromatic rings. The summed E-state index contributed by atoms with van der Waals surface area (Å²) < 4.78 is 5.21. The molecule has 0 amide bonds. The molecule has 0 saturated heterocycles. The number of nitrogen functional groups attached to an aromatic ring is 1. The highest BCUT2D eigenvalue weighted by Gasteiger charge is 2.16. The molecule has 1 aromatic carbocycles. The molecule has 0 saturated carbocycles. The largest absolute Gasteiger partial charge is 0.507 e. The molecule has 0 fully saturated rings. The van der Waals surface area contributed by atoms with Gasteiger partial charge in [0.25, 0.3) is 5.89 Å². The molecule has 106 valence electrons. The number of anilines is 1. The standard InChI is InChI=1S/C15H14N4O2/c1-8-5-9(2)13(17-7-8)14-18-15(21-19-14)11-4-3-10(16)6-12(11)20/h3-7,20H,16H2,1-2H3. The lowest BCUT2D eigenvalue weighted by atomic mass is 10.1. The Kier molecular flexibility index (Phi) is 3.06. The number of pyridine rings is 1. The molecule has 2 heterocycles. The van der Waals surface area contributed by atoms with E-state index in [9.17, 15) is 5.11 Å². The second kappa shape index (κ2) is 4.90. The number of nitrogens with two attached hydrogens (primary N) is 1. The van der Waals surface area contributed by atoms with Gasteiger partial charge in [-0.3, -0.25) is 4.98 Å². The molecule has 0 aliphatic heterocycles. The summed E-state index contributed by atoms with van der Waals surface area (Å²) in [7, 11) is 0. The third-order valence-electron chi connectivity index (χ3n) is 3.11. The van der Waals surface area contributed by atoms with Gasteiger partial charge in [-0.2, -0.15) is 4.98 Å². The predicted molar refractivity (Wildman–Crippen MR) is 78.5 cm³/mol. The predicted octanol–water partition coefficient (Wildman–Crippen LogP) is 2.70. The first-order valence-corrected chi connectivity index (χ1v) is 6.41. The van der Waals surface area contributed by atoms with Crippen LogP contribution in [-0.2, 0) is 0 Å². The van der Waals surface area contributed by atoms with Gasteiger partial charge >= 0.3 is 0 Å². The third kappa shape index (κ3) is 2.43. The van der Waals surface area contributed by atoms with Crippen molar-refractivity contribution < 1.29 is 9.63 Å². The maximum absolute atomic E-state index is 9.89. The fourth-order valence-electron chi connectivity index (χ4n) is 2.11. The minimum absolute atomic E-state index is 0.00112. The zero-order valence-electron chi connectivity index (χ0n) is 11.7. The summed E-state index contributed by atoms with van der Waals surface area (Å²) in [5.41, 5.74) is 9.19. The van der Waals surface area contributed by atoms with E-state index < -0.39 is 0 Å². The quantitative estimate of drug-likeness (QED) is 0.701. The van der Waals surface area contributed by atoms with E-state index in [4.69, 9.17) is 10.3 Å². The van der Waals surface area contributed by atoms with E-state index in [-0.39, 0.29) is 11.6 Å². The number of hydrogen-bond donors (Lipinski definition) is 2. The highest BCUT2D eigenvalue weighted by molar-refractivity contribution is 5.67. The van der Waals surface area contributed by atoms with Crippen LogP contribution in [0.3, 0.4) is 0 Å². The van der Waals surface area contributed by atoms with Crippen LogP contribution in [0, 0.1) is 13.8 Å². The van der Waals surface area contributed by atoms with E-state index in [1.54, 1.807) is 18.3 Å². The Morgan fingerprint density at radius 1 is 1.19 bits per heavy atom. The molecule has 3 rings (SSSR count). The number of benzene rings is 1. The molecule has 0 aliphatic carbocycles. The number of aromatic nitrogens is 3. The number of nitrogens with zero attached hydrogens (tertiary/aromatic N) is 3. The minimum atomic E-state index is -0.00112. The van der Waals surface area contributed by atoms with Gasteiger partial charge < -0.3 is 15.4 Å². The van der Waals surface area contributed by atoms with Gasteiger partial charge in [0, 0.05) is 18.0 Å². The van der Waals surface area contributed by atoms with E-state index in [1.807, 2.05) is 19.9 Å². The van der Waals surface area contributed by atoms with E-state index >= 15 is 0 Å². The fraction of sp³-hybridized carbons (Fsp3) is 0.133. The smallest absolute Gasteiger partial charge is 0.262 e. The van der Waals surface area contributed by atoms with Crippen molar-refractivity contribution >= 4 is 5.69 Å². The van der Waals surface area contributed by atoms with E-state index in [1.165, 1.54) is 6.07 Å². The topological polar surface area (TPSA) is 98.1 Å². The number of aryl methyl sites for hydroxylation is 2. The van der Waals surface area contributed by atoms with Gasteiger partial charge in [0.05, 0.1) is 5.56 Å². The molecule has 0 bridgehead atoms. The molecule has 0 unspecified atom stereocenters. The average molecular weight is 282 g/mol. The Labute approximate surface area is 121 Å². The number of hydrogen-bond acceptors (Lipinski definition) is 6. The van der Waals surface area contributed by atoms with Crippen LogP contribution in [0.2, 0.25) is 0 Å². The SMILES string of the molecule is Cc1cnc(-c2noc(-c3ccc(N)cc3O)n2)c(C)c1. The van der Waals surface area contributed by atoms with E-state index in [0.717, 1.165) is 11.1 Å². The zero-order valence-corrected chi connectivity index (χ0v) is 11.7. The lowest BCUT2D eigenvalue weighted by molar-refractivity contribution is 0.425. The Hall–Kier alpha value is -2.89. The molecular formula is C15H14N4O2. The molecule has 0 radical (unpaired) electrons. The molecule has 21 heavy (non-hydrogen) atoms. The Balaban J connectivity index is 2.03. The van der Waals surface area contributed by atoms with Crippen molar-refractivity contribution in [2.75, 3.05) is 5.73 Å². The molecule has 6 nitrogen and oxygen atoms in total. The van der Waals surface area contributed by atoms with Crippen LogP contribution in [0.25, 0.3) is 23.0 Å². The van der Waals surface area contributed by atoms with Gasteiger partial charge in [-0.05, 0) is 37.1 Å². The summed E-state index contributed by atoms with van der Waals surface area (Å²) in [4.78, 5) is 8.61. The summed E-state index contributed by atoms with van der Waals surface area (Å²) in [6.45, 7) is 3.91. The number of aromatic hydroxyl groups is 1. The Bertz CT molecular complexity index is 745. The highest BCUT2D eigenvalue weighted by Crippen LogP contribution is 2.31. The minimum Gasteiger partial charge on any atom is -0.507 e. The van der Waals surface area contributed by atoms with Crippen molar-refractivity contribution in [3.05, 3.63) is 41.6 Å². The maximum Gasteiger partial charge on any atom is 0.262 e. The number of phenols is 1. The van der Waals surface area contributed by atoms with Gasteiger partial charge in [-0.1, -0.05) is 11.2 Å². The first-order chi connectivity index (χ1) is 10.0. The molecule has 0 spiro atoms. The van der Waals surface area contributed by atoms with Crippen molar-refractivity contribution in [1.82, 2.24) is 15.1 Å². The van der Waals surface area contributed by atoms with Crippen LogP contribution >= 0.6 is 0 Å². The molecule has 2 aromatic heterocycles. The summed E-state index contributed by atoms with van der Waals surface area (Å²) in [5, 5.41) is 13.8. The molecule has 0 atom stereocenters. The second-order valence-corrected chi connectivity index (χ2v) is 4.88. The second-order valence-electron chi connectivity index (χ2n) is 4.88. The van der Waals surface area contributed by atoms with Crippen LogP contribution in [-0.4, -0.2) is 20.2 Å². The normalized spacial score (nSPS) is 10.8. The molecular weight excluding hydrogens is 268 g/mol. The van der Waals surface area contributed by atoms with Gasteiger partial charge in [-0.25, -0.2) is 0 Å². The lowest BCUT2D eigenvalue weighted by Gasteiger charge is -2.01. The highest BCUT2D eigenvalue weighted by atomic mass is 16.5. The summed E-state index contributed by atoms with van der Waals surface area (Å²) in [6, 6.07) is 6.74. The monoisotopic (exact) mass is 282 g/mol. The molecule has 6 heteroatoms. The lowest BCUT2D eigenvalue weighted by Crippen LogP contribution is -1.91. The number of rotatable bonds is 2. The Morgan fingerprint density at radius 3 is 2.71 bits per heavy atom. The van der Waals surface area contributed by atoms with Gasteiger partial charge in [0.15, 0.2) is 0 Å². The van der Waals surface area contributed by atoms with E-state index in [2.05, 4.69) is 15.1 Å². The van der Waals surface area contributed by atoms with Gasteiger partial charge in [0.2, 0.25) is 5.82 Å². The average Bonchev–Trinajstić information content (AvgIpc) is 2.87. The van der Waals surface area contributed by atoms with Crippen molar-refractivity contribution in [2.45, 2.75) is 13.8 Å². The van der Waals surface area contributed by atoms with Gasteiger partial charge in [-0.15, -0.1) is 0 Å². The molecule has 0 aliphatic rings. The van der Waals surface area contributed by atoms with Crippen LogP contribution in [0.5, 0.6) is 5.75 Å². The zero-order chi connectivity index (χ0) is 15.0. The van der Waals surface area contributed by atoms with Crippen LogP contribution in [0.15, 0.2) is 35.0 Å². The first kappa shape index (κ1) is 13.1. The van der Waals surface area contributed by atoms with Crippen LogP contribution in [0.4, 0.5) is 5.69 Å². The summed E-state index contributed by atoms with van der Waals surface area (Å²) >= 11 is 0. The van der Waals surface area contributed by atoms with Crippen molar-refractivity contribution in [1.29, 1.82) is 0 Å².